The Balaban J connectivity index is 2.07. The number of nitrogens with zero attached hydrogens (tertiary/aromatic N) is 1. The highest BCUT2D eigenvalue weighted by atomic mass is 32.2. The number of benzene rings is 1. The van der Waals surface area contributed by atoms with Gasteiger partial charge in [0.2, 0.25) is 0 Å². The molecule has 2 aliphatic heterocycles. The van der Waals surface area contributed by atoms with Crippen molar-refractivity contribution in [1.82, 2.24) is 5.32 Å². The molecule has 17 heavy (non-hydrogen) atoms. The molecule has 0 bridgehead atoms. The Morgan fingerprint density at radius 1 is 1.29 bits per heavy atom. The lowest BCUT2D eigenvalue weighted by atomic mass is 10.3. The van der Waals surface area contributed by atoms with E-state index in [-0.39, 0.29) is 5.91 Å². The van der Waals surface area contributed by atoms with Crippen LogP contribution in [0.4, 0.5) is 5.69 Å². The molecule has 1 fully saturated rings. The van der Waals surface area contributed by atoms with Crippen LogP contribution in [0.3, 0.4) is 0 Å². The molecule has 0 saturated carbocycles. The van der Waals surface area contributed by atoms with E-state index < -0.39 is 0 Å². The van der Waals surface area contributed by atoms with Crippen LogP contribution >= 0.6 is 35.7 Å². The number of amides is 1. The molecular formula is C11H8N2OS3. The number of carbonyl (C=O) groups is 1. The van der Waals surface area contributed by atoms with Crippen LogP contribution in [0.5, 0.6) is 0 Å². The summed E-state index contributed by atoms with van der Waals surface area (Å²) in [5, 5.41) is 3.60. The average molecular weight is 280 g/mol. The Morgan fingerprint density at radius 3 is 2.71 bits per heavy atom. The van der Waals surface area contributed by atoms with E-state index in [0.29, 0.717) is 9.23 Å². The Labute approximate surface area is 113 Å². The minimum atomic E-state index is -0.0952. The van der Waals surface area contributed by atoms with Gasteiger partial charge in [-0.2, -0.15) is 0 Å². The second-order valence-corrected chi connectivity index (χ2v) is 6.32. The maximum Gasteiger partial charge on any atom is 0.266 e. The number of hydrogen-bond donors (Lipinski definition) is 1. The summed E-state index contributed by atoms with van der Waals surface area (Å²) in [6.07, 6.45) is 0. The number of carbonyl (C=O) groups excluding carboxylic acids is 1. The zero-order valence-electron chi connectivity index (χ0n) is 8.89. The molecule has 0 unspecified atom stereocenters. The molecule has 86 valence electrons. The molecule has 2 heterocycles. The topological polar surface area (TPSA) is 32.3 Å². The van der Waals surface area contributed by atoms with Gasteiger partial charge in [-0.1, -0.05) is 47.9 Å². The van der Waals surface area contributed by atoms with Crippen LogP contribution in [0.2, 0.25) is 0 Å². The van der Waals surface area contributed by atoms with E-state index in [1.807, 2.05) is 30.1 Å². The van der Waals surface area contributed by atoms with Crippen LogP contribution in [-0.4, -0.2) is 17.3 Å². The molecule has 0 aromatic heterocycles. The number of para-hydroxylation sites is 1. The van der Waals surface area contributed by atoms with E-state index in [1.165, 1.54) is 16.7 Å². The largest absolute Gasteiger partial charge is 0.337 e. The van der Waals surface area contributed by atoms with E-state index >= 15 is 0 Å². The lowest BCUT2D eigenvalue weighted by Gasteiger charge is -2.14. The summed E-state index contributed by atoms with van der Waals surface area (Å²) < 4.78 is 0.530. The number of fused-ring (bicyclic) bond motifs is 1. The zero-order valence-corrected chi connectivity index (χ0v) is 11.3. The van der Waals surface area contributed by atoms with E-state index in [1.54, 1.807) is 11.8 Å². The highest BCUT2D eigenvalue weighted by molar-refractivity contribution is 8.27. The van der Waals surface area contributed by atoms with Gasteiger partial charge in [-0.05, 0) is 12.1 Å². The smallest absolute Gasteiger partial charge is 0.266 e. The van der Waals surface area contributed by atoms with Crippen LogP contribution in [0, 0.1) is 0 Å². The molecule has 1 N–H and O–H groups in total. The van der Waals surface area contributed by atoms with E-state index in [4.69, 9.17) is 12.2 Å². The fraction of sp³-hybridized carbons (Fsp3) is 0.0909. The summed E-state index contributed by atoms with van der Waals surface area (Å²) in [5.41, 5.74) is 1.13. The predicted molar refractivity (Wildman–Crippen MR) is 76.1 cm³/mol. The standard InChI is InChI=1S/C11H8N2OS3/c1-13-6-4-2-3-5-7(6)16-10(13)8-9(14)12-11(15)17-8/h2-5H,1H3,(H,12,14,15)/b10-8+. The van der Waals surface area contributed by atoms with E-state index in [2.05, 4.69) is 11.4 Å². The highest BCUT2D eigenvalue weighted by Gasteiger charge is 2.32. The van der Waals surface area contributed by atoms with Gasteiger partial charge in [-0.3, -0.25) is 4.79 Å². The Hall–Kier alpha value is -0.980. The minimum absolute atomic E-state index is 0.0952. The van der Waals surface area contributed by atoms with Crippen molar-refractivity contribution >= 4 is 51.7 Å². The third kappa shape index (κ3) is 1.76. The summed E-state index contributed by atoms with van der Waals surface area (Å²) in [5.74, 6) is -0.0952. The van der Waals surface area contributed by atoms with Gasteiger partial charge >= 0.3 is 0 Å². The fourth-order valence-corrected chi connectivity index (χ4v) is 4.13. The van der Waals surface area contributed by atoms with Crippen LogP contribution in [0.1, 0.15) is 0 Å². The molecular weight excluding hydrogens is 272 g/mol. The van der Waals surface area contributed by atoms with Crippen LogP contribution < -0.4 is 10.2 Å². The molecule has 2 aliphatic rings. The normalized spacial score (nSPS) is 23.0. The van der Waals surface area contributed by atoms with Crippen LogP contribution in [0.25, 0.3) is 0 Å². The van der Waals surface area contributed by atoms with Crippen molar-refractivity contribution in [1.29, 1.82) is 0 Å². The predicted octanol–water partition coefficient (Wildman–Crippen LogP) is 2.55. The Bertz CT molecular complexity index is 568. The molecule has 1 saturated heterocycles. The van der Waals surface area contributed by atoms with Crippen molar-refractivity contribution in [2.24, 2.45) is 0 Å². The Kier molecular flexibility index (Phi) is 2.65. The van der Waals surface area contributed by atoms with Crippen molar-refractivity contribution in [3.05, 3.63) is 34.2 Å². The summed E-state index contributed by atoms with van der Waals surface area (Å²) in [6, 6.07) is 8.10. The van der Waals surface area contributed by atoms with Crippen molar-refractivity contribution in [2.45, 2.75) is 4.90 Å². The van der Waals surface area contributed by atoms with Crippen molar-refractivity contribution in [3.8, 4) is 0 Å². The minimum Gasteiger partial charge on any atom is -0.337 e. The molecule has 0 spiro atoms. The molecule has 3 rings (SSSR count). The summed E-state index contributed by atoms with van der Waals surface area (Å²) in [6.45, 7) is 0. The van der Waals surface area contributed by atoms with Crippen molar-refractivity contribution in [3.63, 3.8) is 0 Å². The SMILES string of the molecule is CN1/C(=C2\SC(=S)NC2=O)Sc2ccccc21. The molecule has 1 amide bonds. The van der Waals surface area contributed by atoms with Gasteiger partial charge < -0.3 is 10.2 Å². The second-order valence-electron chi connectivity index (χ2n) is 3.61. The van der Waals surface area contributed by atoms with Gasteiger partial charge in [0.05, 0.1) is 10.7 Å². The summed E-state index contributed by atoms with van der Waals surface area (Å²) >= 11 is 7.95. The van der Waals surface area contributed by atoms with Gasteiger partial charge in [0, 0.05) is 11.9 Å². The lowest BCUT2D eigenvalue weighted by molar-refractivity contribution is -0.115. The molecule has 0 radical (unpaired) electrons. The van der Waals surface area contributed by atoms with Gasteiger partial charge in [0.1, 0.15) is 9.23 Å². The number of thiocarbonyl (C=S) groups is 1. The highest BCUT2D eigenvalue weighted by Crippen LogP contribution is 2.48. The number of hydrogen-bond acceptors (Lipinski definition) is 5. The second kappa shape index (κ2) is 4.04. The van der Waals surface area contributed by atoms with Crippen molar-refractivity contribution < 1.29 is 4.79 Å². The zero-order chi connectivity index (χ0) is 12.0. The van der Waals surface area contributed by atoms with Crippen LogP contribution in [-0.2, 0) is 4.79 Å². The molecule has 6 heteroatoms. The molecule has 0 aliphatic carbocycles. The van der Waals surface area contributed by atoms with E-state index in [0.717, 1.165) is 10.7 Å². The first-order chi connectivity index (χ1) is 8.16. The summed E-state index contributed by atoms with van der Waals surface area (Å²) in [4.78, 5) is 15.7. The van der Waals surface area contributed by atoms with Gasteiger partial charge in [0.25, 0.3) is 5.91 Å². The van der Waals surface area contributed by atoms with E-state index in [9.17, 15) is 4.79 Å². The molecule has 0 atom stereocenters. The maximum atomic E-state index is 11.8. The van der Waals surface area contributed by atoms with Gasteiger partial charge in [-0.25, -0.2) is 0 Å². The quantitative estimate of drug-likeness (QED) is 0.583. The first-order valence-corrected chi connectivity index (χ1v) is 6.99. The maximum absolute atomic E-state index is 11.8. The number of nitrogens with one attached hydrogen (secondary N) is 1. The molecule has 3 nitrogen and oxygen atoms in total. The fourth-order valence-electron chi connectivity index (χ4n) is 1.76. The number of thioether (sulfide) groups is 2. The first kappa shape index (κ1) is 11.1. The number of anilines is 1. The summed E-state index contributed by atoms with van der Waals surface area (Å²) in [7, 11) is 1.97. The lowest BCUT2D eigenvalue weighted by Crippen LogP contribution is -2.20. The third-order valence-electron chi connectivity index (χ3n) is 2.55. The molecule has 1 aromatic rings. The Morgan fingerprint density at radius 2 is 2.06 bits per heavy atom. The third-order valence-corrected chi connectivity index (χ3v) is 5.14. The van der Waals surface area contributed by atoms with Crippen LogP contribution in [0.15, 0.2) is 39.1 Å². The van der Waals surface area contributed by atoms with Gasteiger partial charge in [-0.15, -0.1) is 0 Å². The molecule has 1 aromatic carbocycles. The number of rotatable bonds is 0. The average Bonchev–Trinajstić information content (AvgIpc) is 2.80. The first-order valence-electron chi connectivity index (χ1n) is 4.95. The van der Waals surface area contributed by atoms with Gasteiger partial charge in [0.15, 0.2) is 0 Å². The monoisotopic (exact) mass is 280 g/mol. The van der Waals surface area contributed by atoms with Crippen molar-refractivity contribution in [2.75, 3.05) is 11.9 Å².